The minimum absolute atomic E-state index is 0. The van der Waals surface area contributed by atoms with Gasteiger partial charge in [0.1, 0.15) is 53.5 Å². The van der Waals surface area contributed by atoms with Crippen LogP contribution < -0.4 is 42.5 Å². The molecule has 0 fully saturated rings. The number of carbonyl (C=O) groups excluding carboxylic acids is 7. The second-order valence-corrected chi connectivity index (χ2v) is 28.8. The Bertz CT molecular complexity index is 2050. The molecule has 0 heterocycles. The molecule has 0 aliphatic rings. The highest BCUT2D eigenvalue weighted by Crippen LogP contribution is 2.11. The highest BCUT2D eigenvalue weighted by atomic mass is 16.6. The van der Waals surface area contributed by atoms with Crippen LogP contribution in [0.5, 0.6) is 0 Å². The van der Waals surface area contributed by atoms with Gasteiger partial charge in [0.15, 0.2) is 0 Å². The van der Waals surface area contributed by atoms with Crippen molar-refractivity contribution in [3.8, 4) is 0 Å². The number of hydrogen-bond acceptors (Lipinski definition) is 30. The van der Waals surface area contributed by atoms with Gasteiger partial charge in [-0.2, -0.15) is 0 Å². The highest BCUT2D eigenvalue weighted by Gasteiger charge is 2.31. The SMILES string of the molecule is C.CC(C)N[C@@H](CO)C(=O)OC(C)(C)C.CC(C)N[C@@H](CO)C(=O)OC(C)C.CC(C)N[C@H](C(=O)OC(C)(C)C)[C@@H](C)O.CC(C)N[C@H](C(=O)OC(C)C)[C@@H](C)O.CC(C)N[C@H](C)[C@@H](C)O.CCOC(=O)[C@@H](NC(C)C)[C@@H](C)O.CCOC(=O)[C@H](CO)NC(C)C.COC(=O)[C@H](CO)NC(C)C. The normalized spacial score (nSPS) is 14.7. The van der Waals surface area contributed by atoms with E-state index in [1.807, 2.05) is 104 Å². The molecule has 30 nitrogen and oxygen atoms in total. The summed E-state index contributed by atoms with van der Waals surface area (Å²) < 4.78 is 34.3. The first-order valence-electron chi connectivity index (χ1n) is 35.5. The van der Waals surface area contributed by atoms with Crippen LogP contribution in [-0.2, 0) is 66.7 Å². The van der Waals surface area contributed by atoms with E-state index in [4.69, 9.17) is 54.0 Å². The molecule has 0 rings (SSSR count). The third-order valence-electron chi connectivity index (χ3n) is 11.4. The molecule has 0 aliphatic heterocycles. The smallest absolute Gasteiger partial charge is 0.326 e. The molecule has 0 aromatic rings. The van der Waals surface area contributed by atoms with E-state index in [0.717, 1.165) is 0 Å². The van der Waals surface area contributed by atoms with Gasteiger partial charge in [-0.3, -0.25) is 33.6 Å². The van der Waals surface area contributed by atoms with E-state index >= 15 is 0 Å². The third kappa shape index (κ3) is 76.8. The van der Waals surface area contributed by atoms with Gasteiger partial charge in [-0.05, 0) is 118 Å². The van der Waals surface area contributed by atoms with E-state index in [1.165, 1.54) is 7.11 Å². The van der Waals surface area contributed by atoms with Gasteiger partial charge in [0.2, 0.25) is 0 Å². The van der Waals surface area contributed by atoms with E-state index in [1.54, 1.807) is 111 Å². The van der Waals surface area contributed by atoms with E-state index in [2.05, 4.69) is 61.1 Å². The summed E-state index contributed by atoms with van der Waals surface area (Å²) in [6.07, 6.45) is -2.80. The average Bonchev–Trinajstić information content (AvgIpc) is 0.900. The zero-order valence-electron chi connectivity index (χ0n) is 68.7. The fourth-order valence-electron chi connectivity index (χ4n) is 7.32. The largest absolute Gasteiger partial charge is 0.468 e. The van der Waals surface area contributed by atoms with E-state index < -0.39 is 114 Å². The monoisotopic (exact) mass is 1490 g/mol. The van der Waals surface area contributed by atoms with Gasteiger partial charge >= 0.3 is 41.8 Å². The van der Waals surface area contributed by atoms with E-state index in [-0.39, 0.29) is 101 Å². The lowest BCUT2D eigenvalue weighted by Gasteiger charge is -2.27. The molecule has 0 amide bonds. The number of esters is 7. The van der Waals surface area contributed by atoms with Crippen molar-refractivity contribution in [2.45, 2.75) is 380 Å². The predicted molar refractivity (Wildman–Crippen MR) is 403 cm³/mol. The number of ether oxygens (including phenoxy) is 7. The van der Waals surface area contributed by atoms with Crippen molar-refractivity contribution in [1.82, 2.24) is 42.5 Å². The maximum Gasteiger partial charge on any atom is 0.326 e. The number of rotatable bonds is 35. The van der Waals surface area contributed by atoms with E-state index in [0.29, 0.717) is 19.3 Å². The summed E-state index contributed by atoms with van der Waals surface area (Å²) in [7, 11) is 1.30. The lowest BCUT2D eigenvalue weighted by molar-refractivity contribution is -0.161. The molecule has 0 saturated carbocycles. The van der Waals surface area contributed by atoms with Crippen LogP contribution in [0.2, 0.25) is 0 Å². The van der Waals surface area contributed by atoms with Crippen LogP contribution in [-0.4, -0.2) is 274 Å². The summed E-state index contributed by atoms with van der Waals surface area (Å²) in [6.45, 7) is 60.5. The number of aliphatic hydroxyl groups is 8. The fraction of sp³-hybridized carbons (Fsp3) is 0.903. The van der Waals surface area contributed by atoms with Gasteiger partial charge in [0, 0.05) is 54.4 Å². The molecule has 0 spiro atoms. The van der Waals surface area contributed by atoms with Crippen molar-refractivity contribution in [2.24, 2.45) is 0 Å². The lowest BCUT2D eigenvalue weighted by Crippen LogP contribution is -2.50. The van der Waals surface area contributed by atoms with Crippen LogP contribution >= 0.6 is 0 Å². The van der Waals surface area contributed by atoms with Crippen LogP contribution in [0.15, 0.2) is 0 Å². The Hall–Kier alpha value is -4.35. The summed E-state index contributed by atoms with van der Waals surface area (Å²) in [5, 5.41) is 96.2. The van der Waals surface area contributed by atoms with Crippen LogP contribution in [0, 0.1) is 0 Å². The molecule has 102 heavy (non-hydrogen) atoms. The Morgan fingerprint density at radius 2 is 0.549 bits per heavy atom. The van der Waals surface area contributed by atoms with Crippen molar-refractivity contribution in [1.29, 1.82) is 0 Å². The molecule has 0 unspecified atom stereocenters. The molecule has 16 N–H and O–H groups in total. The molecule has 616 valence electrons. The fourth-order valence-corrected chi connectivity index (χ4v) is 7.32. The summed E-state index contributed by atoms with van der Waals surface area (Å²) in [6, 6.07) is -2.70. The van der Waals surface area contributed by atoms with Crippen LogP contribution in [0.4, 0.5) is 0 Å². The Morgan fingerprint density at radius 1 is 0.314 bits per heavy atom. The summed E-state index contributed by atoms with van der Waals surface area (Å²) >= 11 is 0. The molecule has 0 aromatic carbocycles. The van der Waals surface area contributed by atoms with Gasteiger partial charge in [0.05, 0.1) is 83.4 Å². The minimum Gasteiger partial charge on any atom is -0.468 e. The van der Waals surface area contributed by atoms with Crippen molar-refractivity contribution in [2.75, 3.05) is 46.8 Å². The number of hydrogen-bond donors (Lipinski definition) is 16. The second kappa shape index (κ2) is 66.1. The maximum absolute atomic E-state index is 11.7. The van der Waals surface area contributed by atoms with Crippen LogP contribution in [0.25, 0.3) is 0 Å². The van der Waals surface area contributed by atoms with Crippen LogP contribution in [0.3, 0.4) is 0 Å². The predicted octanol–water partition coefficient (Wildman–Crippen LogP) is 3.86. The van der Waals surface area contributed by atoms with Crippen molar-refractivity contribution >= 4 is 41.8 Å². The molecular formula is C72H156N8O22. The molecule has 0 aliphatic carbocycles. The Morgan fingerprint density at radius 3 is 0.775 bits per heavy atom. The average molecular weight is 1490 g/mol. The Balaban J connectivity index is -0.000000139. The van der Waals surface area contributed by atoms with Crippen molar-refractivity contribution in [3.63, 3.8) is 0 Å². The van der Waals surface area contributed by atoms with Crippen molar-refractivity contribution in [3.05, 3.63) is 0 Å². The number of carbonyl (C=O) groups is 7. The van der Waals surface area contributed by atoms with Gasteiger partial charge in [0.25, 0.3) is 0 Å². The standard InChI is InChI=1S/C11H23NO3.2C10H21NO3.2C9H19NO3.C8H17NO3.C7H15NO3.C7H17NO.CH4/c1-7(2)12-9(8(3)13)10(14)15-11(4,5)6;1-7(2)11-8(6-12)9(13)14-10(3,4)5;1-6(2)11-9(8(5)12)10(13)14-7(3)4;1-6(2)10-8(5-11)9(12)13-7(3)4;1-5-13-9(12)8(7(4)11)10-6(2)3;1-4-12-8(11)7(5-10)9-6(2)3;1-5(2)8-6(4-9)7(10)11-3;1-5(2)8-6(3)7(4)9;/h7-9,12-13H,1-6H3;7-8,11-12H,6H2,1-5H3;6-9,11-12H,1-5H3;2*6-8,10-11H,5H2,1-4H3;6-7,9-10H,4-5H2,1-3H3;5-6,8-9H,4H2,1-3H3;5-9H,1-4H3;1H4/t8-,9+;8-;8-,9+;8-;7-,8+;7-;6-;6-,7-;/m10101001./s1. The first-order chi connectivity index (χ1) is 45.9. The summed E-state index contributed by atoms with van der Waals surface area (Å²) in [5.74, 6) is -2.84. The zero-order chi connectivity index (χ0) is 81.6. The lowest BCUT2D eigenvalue weighted by atomic mass is 10.1. The Kier molecular flexibility index (Phi) is 75.2. The topological polar surface area (TPSA) is 442 Å². The quantitative estimate of drug-likeness (QED) is 0.0316. The van der Waals surface area contributed by atoms with Gasteiger partial charge < -0.3 is 117 Å². The van der Waals surface area contributed by atoms with Gasteiger partial charge in [-0.25, -0.2) is 0 Å². The first-order valence-corrected chi connectivity index (χ1v) is 35.5. The number of aliphatic hydroxyl groups excluding tert-OH is 8. The minimum atomic E-state index is -0.762. The first kappa shape index (κ1) is 116. The number of nitrogens with one attached hydrogen (secondary N) is 8. The second-order valence-electron chi connectivity index (χ2n) is 28.8. The van der Waals surface area contributed by atoms with Crippen molar-refractivity contribution < 1.29 is 108 Å². The van der Waals surface area contributed by atoms with Gasteiger partial charge in [-0.1, -0.05) is 118 Å². The molecule has 0 bridgehead atoms. The van der Waals surface area contributed by atoms with E-state index in [9.17, 15) is 48.9 Å². The molecule has 0 aromatic heterocycles. The van der Waals surface area contributed by atoms with Gasteiger partial charge in [-0.15, -0.1) is 0 Å². The van der Waals surface area contributed by atoms with Crippen LogP contribution in [0.1, 0.15) is 236 Å². The Labute approximate surface area is 616 Å². The summed E-state index contributed by atoms with van der Waals surface area (Å²) in [4.78, 5) is 79.1. The molecule has 30 heteroatoms. The third-order valence-corrected chi connectivity index (χ3v) is 11.4. The molecule has 12 atom stereocenters. The number of methoxy groups -OCH3 is 1. The zero-order valence-corrected chi connectivity index (χ0v) is 68.7. The molecule has 0 saturated heterocycles. The highest BCUT2D eigenvalue weighted by molar-refractivity contribution is 5.79. The molecular weight excluding hydrogens is 1330 g/mol. The molecule has 0 radical (unpaired) electrons. The summed E-state index contributed by atoms with van der Waals surface area (Å²) in [5.41, 5.74) is -1.04. The maximum atomic E-state index is 11.7.